The molecule has 1 rings (SSSR count). The summed E-state index contributed by atoms with van der Waals surface area (Å²) in [6.07, 6.45) is 3.83. The maximum absolute atomic E-state index is 3.64. The van der Waals surface area contributed by atoms with Crippen molar-refractivity contribution < 1.29 is 0 Å². The van der Waals surface area contributed by atoms with E-state index in [9.17, 15) is 0 Å². The first-order valence-corrected chi connectivity index (χ1v) is 8.51. The molecule has 1 fully saturated rings. The fourth-order valence-corrected chi connectivity index (χ4v) is 3.78. The number of likely N-dealkylation sites (tertiary alicyclic amines) is 1. The standard InChI is InChI=1S/C17H37N3/c1-7-9-17(4,13-18-10-8-2)14-20-11-15(3)16(12-20)19(5)6/h15-16,18H,7-14H2,1-6H3. The first-order chi connectivity index (χ1) is 9.41. The highest BCUT2D eigenvalue weighted by atomic mass is 15.2. The van der Waals surface area contributed by atoms with Gasteiger partial charge in [-0.05, 0) is 44.8 Å². The molecule has 120 valence electrons. The first-order valence-electron chi connectivity index (χ1n) is 8.51. The van der Waals surface area contributed by atoms with Crippen LogP contribution in [-0.2, 0) is 0 Å². The SMILES string of the molecule is CCCNCC(C)(CCC)CN1CC(C)C(N(C)C)C1. The number of rotatable bonds is 9. The molecular formula is C17H37N3. The zero-order chi connectivity index (χ0) is 15.2. The lowest BCUT2D eigenvalue weighted by molar-refractivity contribution is 0.163. The molecule has 3 nitrogen and oxygen atoms in total. The van der Waals surface area contributed by atoms with Gasteiger partial charge in [-0.3, -0.25) is 0 Å². The minimum Gasteiger partial charge on any atom is -0.316 e. The van der Waals surface area contributed by atoms with Crippen molar-refractivity contribution in [3.63, 3.8) is 0 Å². The molecular weight excluding hydrogens is 246 g/mol. The number of likely N-dealkylation sites (N-methyl/N-ethyl adjacent to an activating group) is 1. The Morgan fingerprint density at radius 2 is 1.90 bits per heavy atom. The Hall–Kier alpha value is -0.120. The lowest BCUT2D eigenvalue weighted by Crippen LogP contribution is -2.42. The van der Waals surface area contributed by atoms with Crippen molar-refractivity contribution in [1.29, 1.82) is 0 Å². The fourth-order valence-electron chi connectivity index (χ4n) is 3.78. The Kier molecular flexibility index (Phi) is 7.49. The third-order valence-corrected chi connectivity index (χ3v) is 4.75. The van der Waals surface area contributed by atoms with Gasteiger partial charge in [0.25, 0.3) is 0 Å². The van der Waals surface area contributed by atoms with Crippen LogP contribution in [0.25, 0.3) is 0 Å². The van der Waals surface area contributed by atoms with Crippen molar-refractivity contribution in [2.75, 3.05) is 46.8 Å². The smallest absolute Gasteiger partial charge is 0.0254 e. The fraction of sp³-hybridized carbons (Fsp3) is 1.00. The van der Waals surface area contributed by atoms with Crippen LogP contribution >= 0.6 is 0 Å². The molecule has 3 atom stereocenters. The average molecular weight is 284 g/mol. The monoisotopic (exact) mass is 283 g/mol. The predicted molar refractivity (Wildman–Crippen MR) is 89.3 cm³/mol. The molecule has 1 aliphatic heterocycles. The summed E-state index contributed by atoms with van der Waals surface area (Å²) in [5.41, 5.74) is 0.421. The number of nitrogens with zero attached hydrogens (tertiary/aromatic N) is 2. The Morgan fingerprint density at radius 1 is 1.20 bits per heavy atom. The van der Waals surface area contributed by atoms with Gasteiger partial charge in [0.15, 0.2) is 0 Å². The third kappa shape index (κ3) is 5.34. The summed E-state index contributed by atoms with van der Waals surface area (Å²) < 4.78 is 0. The maximum Gasteiger partial charge on any atom is 0.0254 e. The van der Waals surface area contributed by atoms with E-state index in [1.54, 1.807) is 0 Å². The molecule has 1 heterocycles. The minimum absolute atomic E-state index is 0.421. The molecule has 0 aliphatic carbocycles. The van der Waals surface area contributed by atoms with Crippen LogP contribution < -0.4 is 5.32 Å². The molecule has 0 amide bonds. The zero-order valence-corrected chi connectivity index (χ0v) is 14.7. The van der Waals surface area contributed by atoms with Crippen LogP contribution in [0.4, 0.5) is 0 Å². The molecule has 0 bridgehead atoms. The van der Waals surface area contributed by atoms with E-state index in [2.05, 4.69) is 56.9 Å². The van der Waals surface area contributed by atoms with Crippen molar-refractivity contribution in [3.05, 3.63) is 0 Å². The molecule has 3 heteroatoms. The highest BCUT2D eigenvalue weighted by Gasteiger charge is 2.34. The van der Waals surface area contributed by atoms with Crippen LogP contribution in [-0.4, -0.2) is 62.7 Å². The molecule has 0 aromatic rings. The molecule has 0 saturated carbocycles. The van der Waals surface area contributed by atoms with Gasteiger partial charge >= 0.3 is 0 Å². The summed E-state index contributed by atoms with van der Waals surface area (Å²) in [7, 11) is 4.44. The predicted octanol–water partition coefficient (Wildman–Crippen LogP) is 2.67. The van der Waals surface area contributed by atoms with E-state index in [1.807, 2.05) is 0 Å². The molecule has 0 spiro atoms. The van der Waals surface area contributed by atoms with Crippen LogP contribution in [0.15, 0.2) is 0 Å². The van der Waals surface area contributed by atoms with Crippen LogP contribution in [0, 0.1) is 11.3 Å². The van der Waals surface area contributed by atoms with E-state index in [-0.39, 0.29) is 0 Å². The molecule has 3 unspecified atom stereocenters. The van der Waals surface area contributed by atoms with Crippen LogP contribution in [0.3, 0.4) is 0 Å². The van der Waals surface area contributed by atoms with Crippen LogP contribution in [0.1, 0.15) is 47.0 Å². The number of hydrogen-bond acceptors (Lipinski definition) is 3. The molecule has 1 saturated heterocycles. The van der Waals surface area contributed by atoms with Gasteiger partial charge in [0.05, 0.1) is 0 Å². The van der Waals surface area contributed by atoms with Gasteiger partial charge in [-0.25, -0.2) is 0 Å². The van der Waals surface area contributed by atoms with Gasteiger partial charge in [-0.15, -0.1) is 0 Å². The van der Waals surface area contributed by atoms with Gasteiger partial charge in [-0.1, -0.05) is 34.1 Å². The first kappa shape index (κ1) is 17.9. The molecule has 1 N–H and O–H groups in total. The van der Waals surface area contributed by atoms with E-state index in [1.165, 1.54) is 38.9 Å². The van der Waals surface area contributed by atoms with Gasteiger partial charge in [0.1, 0.15) is 0 Å². The summed E-state index contributed by atoms with van der Waals surface area (Å²) in [6.45, 7) is 15.5. The summed E-state index contributed by atoms with van der Waals surface area (Å²) in [5.74, 6) is 0.791. The van der Waals surface area contributed by atoms with Gasteiger partial charge in [0, 0.05) is 32.2 Å². The van der Waals surface area contributed by atoms with Crippen molar-refractivity contribution in [1.82, 2.24) is 15.1 Å². The summed E-state index contributed by atoms with van der Waals surface area (Å²) in [6, 6.07) is 0.726. The third-order valence-electron chi connectivity index (χ3n) is 4.75. The van der Waals surface area contributed by atoms with Crippen molar-refractivity contribution in [3.8, 4) is 0 Å². The highest BCUT2D eigenvalue weighted by molar-refractivity contribution is 4.90. The van der Waals surface area contributed by atoms with E-state index >= 15 is 0 Å². The molecule has 0 aromatic carbocycles. The molecule has 0 radical (unpaired) electrons. The maximum atomic E-state index is 3.64. The van der Waals surface area contributed by atoms with Crippen molar-refractivity contribution in [2.24, 2.45) is 11.3 Å². The molecule has 0 aromatic heterocycles. The summed E-state index contributed by atoms with van der Waals surface area (Å²) >= 11 is 0. The number of nitrogens with one attached hydrogen (secondary N) is 1. The quantitative estimate of drug-likeness (QED) is 0.656. The topological polar surface area (TPSA) is 18.5 Å². The van der Waals surface area contributed by atoms with Crippen molar-refractivity contribution in [2.45, 2.75) is 53.0 Å². The van der Waals surface area contributed by atoms with E-state index < -0.39 is 0 Å². The lowest BCUT2D eigenvalue weighted by atomic mass is 9.84. The zero-order valence-electron chi connectivity index (χ0n) is 14.7. The summed E-state index contributed by atoms with van der Waals surface area (Å²) in [4.78, 5) is 5.09. The van der Waals surface area contributed by atoms with Gasteiger partial charge in [0.2, 0.25) is 0 Å². The minimum atomic E-state index is 0.421. The van der Waals surface area contributed by atoms with E-state index in [4.69, 9.17) is 0 Å². The largest absolute Gasteiger partial charge is 0.316 e. The second-order valence-electron chi connectivity index (χ2n) is 7.44. The lowest BCUT2D eigenvalue weighted by Gasteiger charge is -2.34. The van der Waals surface area contributed by atoms with Gasteiger partial charge in [-0.2, -0.15) is 0 Å². The molecule has 20 heavy (non-hydrogen) atoms. The second kappa shape index (κ2) is 8.35. The van der Waals surface area contributed by atoms with E-state index in [0.29, 0.717) is 5.41 Å². The van der Waals surface area contributed by atoms with Gasteiger partial charge < -0.3 is 15.1 Å². The Labute approximate surface area is 127 Å². The molecule has 1 aliphatic rings. The van der Waals surface area contributed by atoms with Crippen LogP contribution in [0.5, 0.6) is 0 Å². The van der Waals surface area contributed by atoms with Crippen LogP contribution in [0.2, 0.25) is 0 Å². The number of hydrogen-bond donors (Lipinski definition) is 1. The summed E-state index contributed by atoms with van der Waals surface area (Å²) in [5, 5.41) is 3.64. The van der Waals surface area contributed by atoms with E-state index in [0.717, 1.165) is 25.0 Å². The van der Waals surface area contributed by atoms with Crippen molar-refractivity contribution >= 4 is 0 Å². The highest BCUT2D eigenvalue weighted by Crippen LogP contribution is 2.28. The Bertz CT molecular complexity index is 267. The normalized spacial score (nSPS) is 27.1. The second-order valence-corrected chi connectivity index (χ2v) is 7.44. The Balaban J connectivity index is 2.53. The Morgan fingerprint density at radius 3 is 2.40 bits per heavy atom. The average Bonchev–Trinajstić information content (AvgIpc) is 2.70.